The Hall–Kier alpha value is -1.31. The van der Waals surface area contributed by atoms with E-state index < -0.39 is 0 Å². The number of nitrogens with one attached hydrogen (secondary N) is 1. The Labute approximate surface area is 61.0 Å². The Bertz CT molecular complexity index is 307. The molecular formula is C8H8N2. The lowest BCUT2D eigenvalue weighted by Crippen LogP contribution is -2.03. The fraction of sp³-hybridized carbons (Fsp3) is 0.125. The van der Waals surface area contributed by atoms with Crippen molar-refractivity contribution in [3.8, 4) is 0 Å². The molecule has 2 heteroatoms. The number of para-hydroxylation sites is 1. The van der Waals surface area contributed by atoms with Gasteiger partial charge in [0.05, 0.1) is 14.3 Å². The van der Waals surface area contributed by atoms with Crippen molar-refractivity contribution in [1.82, 2.24) is 0 Å². The lowest BCUT2D eigenvalue weighted by molar-refractivity contribution is 1.06. The number of anilines is 1. The van der Waals surface area contributed by atoms with Crippen LogP contribution in [0.1, 0.15) is 6.93 Å². The Balaban J connectivity index is 2.48. The van der Waals surface area contributed by atoms with Gasteiger partial charge in [0.15, 0.2) is 0 Å². The quantitative estimate of drug-likeness (QED) is 0.571. The van der Waals surface area contributed by atoms with Gasteiger partial charge in [0.1, 0.15) is 0 Å². The van der Waals surface area contributed by atoms with Crippen molar-refractivity contribution in [2.45, 2.75) is 6.54 Å². The molecule has 0 aromatic heterocycles. The molecule has 0 fully saturated rings. The molecule has 1 aliphatic rings. The monoisotopic (exact) mass is 133 g/mol. The predicted octanol–water partition coefficient (Wildman–Crippen LogP) is 1.64. The van der Waals surface area contributed by atoms with Gasteiger partial charge in [0.25, 0.3) is 0 Å². The first kappa shape index (κ1) is 4.50. The van der Waals surface area contributed by atoms with Gasteiger partial charge in [-0.1, -0.05) is 18.2 Å². The van der Waals surface area contributed by atoms with E-state index in [1.807, 2.05) is 6.07 Å². The maximum absolute atomic E-state index is 7.35. The number of benzene rings is 1. The van der Waals surface area contributed by atoms with Crippen molar-refractivity contribution in [1.29, 1.82) is 0 Å². The van der Waals surface area contributed by atoms with Gasteiger partial charge >= 0.3 is 0 Å². The van der Waals surface area contributed by atoms with Gasteiger partial charge < -0.3 is 5.32 Å². The lowest BCUT2D eigenvalue weighted by Gasteiger charge is -2.10. The van der Waals surface area contributed by atoms with Crippen LogP contribution in [-0.2, 0) is 6.54 Å². The largest absolute Gasteiger partial charge is 0.346 e. The van der Waals surface area contributed by atoms with E-state index in [1.165, 1.54) is 0 Å². The molecule has 0 atom stereocenters. The van der Waals surface area contributed by atoms with Crippen molar-refractivity contribution < 1.29 is 1.37 Å². The number of fused-ring (bicyclic) bond motifs is 1. The van der Waals surface area contributed by atoms with E-state index in [1.54, 1.807) is 18.5 Å². The second-order valence-corrected chi connectivity index (χ2v) is 2.20. The third-order valence-electron chi connectivity index (χ3n) is 1.53. The smallest absolute Gasteiger partial charge is 0.0872 e. The van der Waals surface area contributed by atoms with Crippen LogP contribution in [0.25, 0.3) is 0 Å². The van der Waals surface area contributed by atoms with Crippen LogP contribution < -0.4 is 5.32 Å². The molecule has 2 rings (SSSR count). The minimum atomic E-state index is 0.534. The summed E-state index contributed by atoms with van der Waals surface area (Å²) in [6.45, 7) is 0.725. The summed E-state index contributed by atoms with van der Waals surface area (Å²) in [6, 6.07) is 6.05. The Morgan fingerprint density at radius 1 is 1.60 bits per heavy atom. The highest BCUT2D eigenvalue weighted by Crippen LogP contribution is 2.17. The maximum Gasteiger partial charge on any atom is 0.0872 e. The summed E-state index contributed by atoms with van der Waals surface area (Å²) in [4.78, 5) is 4.05. The Kier molecular flexibility index (Phi) is 0.961. The molecule has 10 heavy (non-hydrogen) atoms. The van der Waals surface area contributed by atoms with Crippen LogP contribution in [0.15, 0.2) is 29.2 Å². The van der Waals surface area contributed by atoms with E-state index in [0.29, 0.717) is 6.04 Å². The molecule has 0 amide bonds. The van der Waals surface area contributed by atoms with Gasteiger partial charge in [-0.25, -0.2) is 0 Å². The van der Waals surface area contributed by atoms with E-state index in [0.717, 1.165) is 17.8 Å². The normalized spacial score (nSPS) is 15.4. The van der Waals surface area contributed by atoms with Crippen LogP contribution in [0.2, 0.25) is 0 Å². The van der Waals surface area contributed by atoms with Gasteiger partial charge in [0.2, 0.25) is 0 Å². The molecule has 0 saturated carbocycles. The van der Waals surface area contributed by atoms with Crippen molar-refractivity contribution >= 4 is 12.0 Å². The molecule has 50 valence electrons. The highest BCUT2D eigenvalue weighted by atomic mass is 15.0. The number of rotatable bonds is 0. The second-order valence-electron chi connectivity index (χ2n) is 2.20. The summed E-state index contributed by atoms with van der Waals surface area (Å²) >= 11 is 0. The summed E-state index contributed by atoms with van der Waals surface area (Å²) in [5.41, 5.74) is 2.16. The third-order valence-corrected chi connectivity index (χ3v) is 1.53. The van der Waals surface area contributed by atoms with Crippen molar-refractivity contribution in [2.24, 2.45) is 4.99 Å². The van der Waals surface area contributed by atoms with E-state index in [-0.39, 0.29) is 0 Å². The minimum Gasteiger partial charge on any atom is -0.346 e. The molecule has 1 N–H and O–H groups in total. The fourth-order valence-electron chi connectivity index (χ4n) is 0.994. The average Bonchev–Trinajstić information content (AvgIpc) is 2.04. The van der Waals surface area contributed by atoms with Crippen LogP contribution in [0.3, 0.4) is 0 Å². The molecule has 1 aromatic carbocycles. The van der Waals surface area contributed by atoms with Crippen molar-refractivity contribution in [2.75, 3.05) is 5.32 Å². The average molecular weight is 133 g/mol. The fourth-order valence-corrected chi connectivity index (χ4v) is 0.994. The van der Waals surface area contributed by atoms with Crippen molar-refractivity contribution in [3.63, 3.8) is 0 Å². The number of nitrogens with zero attached hydrogens (tertiary/aromatic N) is 1. The standard InChI is InChI=1S/C8H8N2/c1-2-4-8-7(3-1)5-9-6-10-8/h1-4,6H,5H2,(H,9,10)/i2D. The Morgan fingerprint density at radius 3 is 3.60 bits per heavy atom. The molecule has 1 aromatic rings. The SMILES string of the molecule is [2H]c1ccc2c(c1)NC=NC2. The highest BCUT2D eigenvalue weighted by Gasteiger charge is 2.00. The van der Waals surface area contributed by atoms with Gasteiger partial charge in [-0.05, 0) is 11.6 Å². The third kappa shape index (κ3) is 0.778. The topological polar surface area (TPSA) is 24.4 Å². The summed E-state index contributed by atoms with van der Waals surface area (Å²) in [6.07, 6.45) is 1.67. The predicted molar refractivity (Wildman–Crippen MR) is 42.3 cm³/mol. The molecule has 0 unspecified atom stereocenters. The van der Waals surface area contributed by atoms with Gasteiger partial charge in [-0.3, -0.25) is 4.99 Å². The van der Waals surface area contributed by atoms with E-state index >= 15 is 0 Å². The zero-order valence-electron chi connectivity index (χ0n) is 6.46. The number of hydrogen-bond donors (Lipinski definition) is 1. The molecule has 0 aliphatic carbocycles. The van der Waals surface area contributed by atoms with Crippen LogP contribution >= 0.6 is 0 Å². The van der Waals surface area contributed by atoms with Crippen LogP contribution in [0.5, 0.6) is 0 Å². The number of aliphatic imine (C=N–C) groups is 1. The Morgan fingerprint density at radius 2 is 2.60 bits per heavy atom. The van der Waals surface area contributed by atoms with E-state index in [9.17, 15) is 0 Å². The highest BCUT2D eigenvalue weighted by molar-refractivity contribution is 5.79. The molecule has 1 heterocycles. The van der Waals surface area contributed by atoms with E-state index in [2.05, 4.69) is 10.3 Å². The van der Waals surface area contributed by atoms with Gasteiger partial charge in [-0.2, -0.15) is 0 Å². The zero-order chi connectivity index (χ0) is 7.68. The van der Waals surface area contributed by atoms with Crippen LogP contribution in [-0.4, -0.2) is 6.34 Å². The summed E-state index contributed by atoms with van der Waals surface area (Å²) in [7, 11) is 0. The van der Waals surface area contributed by atoms with Crippen LogP contribution in [0.4, 0.5) is 5.69 Å². The molecule has 0 spiro atoms. The summed E-state index contributed by atoms with van der Waals surface area (Å²) in [5.74, 6) is 0. The van der Waals surface area contributed by atoms with Gasteiger partial charge in [0, 0.05) is 5.69 Å². The maximum atomic E-state index is 7.35. The van der Waals surface area contributed by atoms with E-state index in [4.69, 9.17) is 1.37 Å². The van der Waals surface area contributed by atoms with Crippen molar-refractivity contribution in [3.05, 3.63) is 29.8 Å². The second kappa shape index (κ2) is 2.14. The summed E-state index contributed by atoms with van der Waals surface area (Å²) < 4.78 is 7.35. The first-order valence-electron chi connectivity index (χ1n) is 3.70. The molecule has 0 bridgehead atoms. The number of hydrogen-bond acceptors (Lipinski definition) is 2. The molecule has 0 radical (unpaired) electrons. The van der Waals surface area contributed by atoms with Gasteiger partial charge in [-0.15, -0.1) is 0 Å². The summed E-state index contributed by atoms with van der Waals surface area (Å²) in [5, 5.41) is 2.99. The molecule has 0 saturated heterocycles. The zero-order valence-corrected chi connectivity index (χ0v) is 5.46. The van der Waals surface area contributed by atoms with Crippen LogP contribution in [0, 0.1) is 0 Å². The molecular weight excluding hydrogens is 124 g/mol. The first-order chi connectivity index (χ1) is 5.36. The lowest BCUT2D eigenvalue weighted by atomic mass is 10.1. The molecule has 2 nitrogen and oxygen atoms in total. The minimum absolute atomic E-state index is 0.534. The molecule has 1 aliphatic heterocycles. The first-order valence-corrected chi connectivity index (χ1v) is 3.20.